The van der Waals surface area contributed by atoms with E-state index in [1.807, 2.05) is 12.2 Å². The van der Waals surface area contributed by atoms with Crippen molar-refractivity contribution < 1.29 is 5.11 Å². The van der Waals surface area contributed by atoms with Crippen molar-refractivity contribution in [1.29, 1.82) is 0 Å². The van der Waals surface area contributed by atoms with Crippen molar-refractivity contribution in [3.8, 4) is 0 Å². The molecule has 0 unspecified atom stereocenters. The lowest BCUT2D eigenvalue weighted by Gasteiger charge is -1.97. The first-order valence-electron chi connectivity index (χ1n) is 5.28. The molecule has 0 rings (SSSR count). The molecule has 0 heterocycles. The Balaban J connectivity index is 2.91. The molecule has 0 saturated heterocycles. The third-order valence-electron chi connectivity index (χ3n) is 2.05. The number of aliphatic hydroxyl groups excluding tert-OH is 1. The summed E-state index contributed by atoms with van der Waals surface area (Å²) in [7, 11) is 0. The Morgan fingerprint density at radius 2 is 1.46 bits per heavy atom. The Hall–Kier alpha value is -0.560. The zero-order chi connectivity index (χ0) is 9.78. The van der Waals surface area contributed by atoms with E-state index in [4.69, 9.17) is 5.11 Å². The first kappa shape index (κ1) is 12.4. The van der Waals surface area contributed by atoms with Crippen LogP contribution in [0.1, 0.15) is 44.9 Å². The average Bonchev–Trinajstić information content (AvgIpc) is 2.16. The second-order valence-corrected chi connectivity index (χ2v) is 3.29. The minimum Gasteiger partial charge on any atom is -0.392 e. The normalized spacial score (nSPS) is 10.8. The van der Waals surface area contributed by atoms with Gasteiger partial charge in [0.25, 0.3) is 0 Å². The fraction of sp³-hybridized carbons (Fsp3) is 0.667. The molecule has 0 spiro atoms. The van der Waals surface area contributed by atoms with Gasteiger partial charge in [0.15, 0.2) is 0 Å². The van der Waals surface area contributed by atoms with E-state index >= 15 is 0 Å². The van der Waals surface area contributed by atoms with Crippen molar-refractivity contribution in [2.75, 3.05) is 6.61 Å². The molecule has 0 aliphatic rings. The Morgan fingerprint density at radius 3 is 2.08 bits per heavy atom. The van der Waals surface area contributed by atoms with Crippen LogP contribution in [0.4, 0.5) is 0 Å². The Morgan fingerprint density at radius 1 is 0.846 bits per heavy atom. The molecule has 0 aliphatic carbocycles. The lowest BCUT2D eigenvalue weighted by molar-refractivity contribution is 0.342. The second kappa shape index (κ2) is 11.4. The zero-order valence-corrected chi connectivity index (χ0v) is 8.54. The number of aliphatic hydroxyl groups is 1. The summed E-state index contributed by atoms with van der Waals surface area (Å²) in [6.07, 6.45) is 14.7. The molecule has 0 aromatic heterocycles. The molecule has 0 aromatic rings. The Bertz CT molecular complexity index is 127. The van der Waals surface area contributed by atoms with Gasteiger partial charge in [0.05, 0.1) is 6.61 Å². The van der Waals surface area contributed by atoms with Crippen molar-refractivity contribution in [2.45, 2.75) is 44.9 Å². The second-order valence-electron chi connectivity index (χ2n) is 3.29. The quantitative estimate of drug-likeness (QED) is 0.428. The van der Waals surface area contributed by atoms with Crippen molar-refractivity contribution >= 4 is 0 Å². The van der Waals surface area contributed by atoms with Crippen LogP contribution < -0.4 is 0 Å². The number of hydrogen-bond donors (Lipinski definition) is 1. The molecule has 1 N–H and O–H groups in total. The van der Waals surface area contributed by atoms with Crippen LogP contribution in [0.3, 0.4) is 0 Å². The van der Waals surface area contributed by atoms with E-state index in [0.29, 0.717) is 0 Å². The standard InChI is InChI=1S/C12H22O/c1-2-3-4-5-6-7-8-9-10-11-12-13/h2,10-11,13H,1,3-9,12H2/b11-10+. The number of hydrogen-bond acceptors (Lipinski definition) is 1. The van der Waals surface area contributed by atoms with Gasteiger partial charge < -0.3 is 5.11 Å². The van der Waals surface area contributed by atoms with Crippen molar-refractivity contribution in [1.82, 2.24) is 0 Å². The number of allylic oxidation sites excluding steroid dienone is 2. The van der Waals surface area contributed by atoms with Gasteiger partial charge in [0.1, 0.15) is 0 Å². The van der Waals surface area contributed by atoms with Gasteiger partial charge in [-0.2, -0.15) is 0 Å². The van der Waals surface area contributed by atoms with E-state index in [1.54, 1.807) is 0 Å². The maximum absolute atomic E-state index is 8.47. The van der Waals surface area contributed by atoms with Crippen molar-refractivity contribution in [3.05, 3.63) is 24.8 Å². The maximum atomic E-state index is 8.47. The summed E-state index contributed by atoms with van der Waals surface area (Å²) in [4.78, 5) is 0. The Labute approximate surface area is 82.2 Å². The smallest absolute Gasteiger partial charge is 0.0612 e. The summed E-state index contributed by atoms with van der Waals surface area (Å²) in [6, 6.07) is 0. The van der Waals surface area contributed by atoms with Gasteiger partial charge in [-0.3, -0.25) is 0 Å². The van der Waals surface area contributed by atoms with Crippen LogP contribution in [0.15, 0.2) is 24.8 Å². The highest BCUT2D eigenvalue weighted by Crippen LogP contribution is 2.07. The van der Waals surface area contributed by atoms with Gasteiger partial charge in [-0.05, 0) is 25.7 Å². The van der Waals surface area contributed by atoms with Crippen LogP contribution in [0.25, 0.3) is 0 Å². The minimum absolute atomic E-state index is 0.180. The molecule has 0 bridgehead atoms. The van der Waals surface area contributed by atoms with Gasteiger partial charge in [-0.15, -0.1) is 6.58 Å². The fourth-order valence-corrected chi connectivity index (χ4v) is 1.27. The topological polar surface area (TPSA) is 20.2 Å². The molecule has 13 heavy (non-hydrogen) atoms. The molecule has 0 aliphatic heterocycles. The molecule has 1 nitrogen and oxygen atoms in total. The number of rotatable bonds is 9. The van der Waals surface area contributed by atoms with Crippen LogP contribution >= 0.6 is 0 Å². The summed E-state index contributed by atoms with van der Waals surface area (Å²) in [5.74, 6) is 0. The molecule has 0 atom stereocenters. The van der Waals surface area contributed by atoms with E-state index in [1.165, 1.54) is 32.1 Å². The Kier molecular flexibility index (Phi) is 10.9. The maximum Gasteiger partial charge on any atom is 0.0612 e. The largest absolute Gasteiger partial charge is 0.392 e. The molecular formula is C12H22O. The number of unbranched alkanes of at least 4 members (excludes halogenated alkanes) is 6. The molecule has 0 saturated carbocycles. The first-order chi connectivity index (χ1) is 6.41. The van der Waals surface area contributed by atoms with Gasteiger partial charge in [0.2, 0.25) is 0 Å². The highest BCUT2D eigenvalue weighted by atomic mass is 16.2. The van der Waals surface area contributed by atoms with E-state index in [0.717, 1.165) is 12.8 Å². The molecule has 1 heteroatoms. The predicted molar refractivity (Wildman–Crippen MR) is 58.7 cm³/mol. The van der Waals surface area contributed by atoms with E-state index in [2.05, 4.69) is 12.7 Å². The van der Waals surface area contributed by atoms with E-state index in [-0.39, 0.29) is 6.61 Å². The molecule has 0 amide bonds. The van der Waals surface area contributed by atoms with Crippen molar-refractivity contribution in [2.24, 2.45) is 0 Å². The van der Waals surface area contributed by atoms with Gasteiger partial charge in [-0.1, -0.05) is 37.5 Å². The van der Waals surface area contributed by atoms with Crippen LogP contribution in [-0.4, -0.2) is 11.7 Å². The van der Waals surface area contributed by atoms with E-state index < -0.39 is 0 Å². The lowest BCUT2D eigenvalue weighted by atomic mass is 10.1. The van der Waals surface area contributed by atoms with Crippen LogP contribution in [0.5, 0.6) is 0 Å². The summed E-state index contributed by atoms with van der Waals surface area (Å²) < 4.78 is 0. The van der Waals surface area contributed by atoms with Crippen LogP contribution in [0.2, 0.25) is 0 Å². The van der Waals surface area contributed by atoms with Crippen molar-refractivity contribution in [3.63, 3.8) is 0 Å². The van der Waals surface area contributed by atoms with Gasteiger partial charge in [-0.25, -0.2) is 0 Å². The SMILES string of the molecule is C=CCCCCCCC/C=C/CO. The minimum atomic E-state index is 0.180. The van der Waals surface area contributed by atoms with E-state index in [9.17, 15) is 0 Å². The molecule has 0 radical (unpaired) electrons. The fourth-order valence-electron chi connectivity index (χ4n) is 1.27. The van der Waals surface area contributed by atoms with Gasteiger partial charge in [0, 0.05) is 0 Å². The van der Waals surface area contributed by atoms with Gasteiger partial charge >= 0.3 is 0 Å². The summed E-state index contributed by atoms with van der Waals surface area (Å²) >= 11 is 0. The molecule has 76 valence electrons. The highest BCUT2D eigenvalue weighted by molar-refractivity contribution is 4.80. The summed E-state index contributed by atoms with van der Waals surface area (Å²) in [5.41, 5.74) is 0. The molecular weight excluding hydrogens is 160 g/mol. The average molecular weight is 182 g/mol. The van der Waals surface area contributed by atoms with Crippen LogP contribution in [-0.2, 0) is 0 Å². The lowest BCUT2D eigenvalue weighted by Crippen LogP contribution is -1.78. The predicted octanol–water partition coefficient (Wildman–Crippen LogP) is 3.45. The third kappa shape index (κ3) is 11.4. The monoisotopic (exact) mass is 182 g/mol. The highest BCUT2D eigenvalue weighted by Gasteiger charge is 1.87. The zero-order valence-electron chi connectivity index (χ0n) is 8.54. The first-order valence-corrected chi connectivity index (χ1v) is 5.28. The third-order valence-corrected chi connectivity index (χ3v) is 2.05. The molecule has 0 fully saturated rings. The molecule has 0 aromatic carbocycles. The van der Waals surface area contributed by atoms with Crippen LogP contribution in [0, 0.1) is 0 Å². The summed E-state index contributed by atoms with van der Waals surface area (Å²) in [6.45, 7) is 3.88. The summed E-state index contributed by atoms with van der Waals surface area (Å²) in [5, 5.41) is 8.47.